The van der Waals surface area contributed by atoms with Gasteiger partial charge in [-0.1, -0.05) is 23.7 Å². The Balaban J connectivity index is 1.63. The summed E-state index contributed by atoms with van der Waals surface area (Å²) in [4.78, 5) is 24.6. The summed E-state index contributed by atoms with van der Waals surface area (Å²) >= 11 is 5.87. The van der Waals surface area contributed by atoms with E-state index in [4.69, 9.17) is 11.6 Å². The first-order valence-corrected chi connectivity index (χ1v) is 8.58. The minimum atomic E-state index is -4.57. The van der Waals surface area contributed by atoms with E-state index in [0.29, 0.717) is 17.1 Å². The van der Waals surface area contributed by atoms with Gasteiger partial charge in [0.15, 0.2) is 0 Å². The second-order valence-corrected chi connectivity index (χ2v) is 6.87. The molecular formula is C19H16ClF3N2O2. The highest BCUT2D eigenvalue weighted by molar-refractivity contribution is 6.30. The number of anilines is 2. The highest BCUT2D eigenvalue weighted by Crippen LogP contribution is 2.41. The average Bonchev–Trinajstić information content (AvgIpc) is 3.38. The summed E-state index contributed by atoms with van der Waals surface area (Å²) in [5, 5.41) is 5.56. The molecule has 2 N–H and O–H groups in total. The average molecular weight is 397 g/mol. The maximum absolute atomic E-state index is 13.0. The second kappa shape index (κ2) is 7.23. The summed E-state index contributed by atoms with van der Waals surface area (Å²) in [6.45, 7) is 1.78. The molecule has 0 saturated heterocycles. The zero-order valence-corrected chi connectivity index (χ0v) is 15.0. The van der Waals surface area contributed by atoms with E-state index in [1.165, 1.54) is 18.2 Å². The first-order chi connectivity index (χ1) is 12.7. The smallest absolute Gasteiger partial charge is 0.326 e. The fraction of sp³-hybridized carbons (Fsp3) is 0.263. The number of rotatable bonds is 4. The van der Waals surface area contributed by atoms with Gasteiger partial charge in [-0.25, -0.2) is 0 Å². The molecule has 4 nitrogen and oxygen atoms in total. The Morgan fingerprint density at radius 2 is 1.59 bits per heavy atom. The van der Waals surface area contributed by atoms with Crippen LogP contribution < -0.4 is 10.6 Å². The van der Waals surface area contributed by atoms with Crippen molar-refractivity contribution in [3.05, 3.63) is 58.6 Å². The standard InChI is InChI=1S/C19H16ClF3N2O2/c1-10-8-11(20)6-7-15(10)24-17(26)12-9-13(12)18(27)25-16-5-3-2-4-14(16)19(21,22)23/h2-8,12-13H,9H2,1H3,(H,24,26)(H,25,27). The lowest BCUT2D eigenvalue weighted by atomic mass is 10.1. The first kappa shape index (κ1) is 19.2. The van der Waals surface area contributed by atoms with Crippen molar-refractivity contribution >= 4 is 34.8 Å². The van der Waals surface area contributed by atoms with Gasteiger partial charge in [0.25, 0.3) is 0 Å². The van der Waals surface area contributed by atoms with Crippen molar-refractivity contribution < 1.29 is 22.8 Å². The number of benzene rings is 2. The number of amides is 2. The van der Waals surface area contributed by atoms with E-state index in [-0.39, 0.29) is 11.6 Å². The van der Waals surface area contributed by atoms with E-state index in [9.17, 15) is 22.8 Å². The van der Waals surface area contributed by atoms with Crippen LogP contribution in [-0.2, 0) is 15.8 Å². The molecule has 2 aromatic carbocycles. The second-order valence-electron chi connectivity index (χ2n) is 6.43. The molecular weight excluding hydrogens is 381 g/mol. The third-order valence-corrected chi connectivity index (χ3v) is 4.64. The number of hydrogen-bond acceptors (Lipinski definition) is 2. The quantitative estimate of drug-likeness (QED) is 0.773. The molecule has 0 heterocycles. The molecule has 1 fully saturated rings. The van der Waals surface area contributed by atoms with Crippen molar-refractivity contribution in [2.45, 2.75) is 19.5 Å². The van der Waals surface area contributed by atoms with Crippen LogP contribution in [0.15, 0.2) is 42.5 Å². The lowest BCUT2D eigenvalue weighted by Crippen LogP contribution is -2.22. The fourth-order valence-electron chi connectivity index (χ4n) is 2.83. The Morgan fingerprint density at radius 1 is 1.00 bits per heavy atom. The molecule has 1 aliphatic rings. The van der Waals surface area contributed by atoms with Crippen molar-refractivity contribution in [2.75, 3.05) is 10.6 Å². The highest BCUT2D eigenvalue weighted by Gasteiger charge is 2.48. The number of carbonyl (C=O) groups excluding carboxylic acids is 2. The van der Waals surface area contributed by atoms with Gasteiger partial charge in [-0.3, -0.25) is 9.59 Å². The molecule has 27 heavy (non-hydrogen) atoms. The van der Waals surface area contributed by atoms with Crippen molar-refractivity contribution in [1.82, 2.24) is 0 Å². The maximum Gasteiger partial charge on any atom is 0.418 e. The third-order valence-electron chi connectivity index (χ3n) is 4.40. The molecule has 0 bridgehead atoms. The summed E-state index contributed by atoms with van der Waals surface area (Å²) in [7, 11) is 0. The lowest BCUT2D eigenvalue weighted by Gasteiger charge is -2.13. The first-order valence-electron chi connectivity index (χ1n) is 8.21. The number of hydrogen-bond donors (Lipinski definition) is 2. The van der Waals surface area contributed by atoms with Crippen LogP contribution in [0, 0.1) is 18.8 Å². The number of para-hydroxylation sites is 1. The van der Waals surface area contributed by atoms with Gasteiger partial charge in [-0.2, -0.15) is 13.2 Å². The summed E-state index contributed by atoms with van der Waals surface area (Å²) in [6.07, 6.45) is -4.28. The zero-order chi connectivity index (χ0) is 19.8. The van der Waals surface area contributed by atoms with Crippen LogP contribution in [0.1, 0.15) is 17.5 Å². The molecule has 2 atom stereocenters. The van der Waals surface area contributed by atoms with Gasteiger partial charge >= 0.3 is 6.18 Å². The van der Waals surface area contributed by atoms with E-state index < -0.39 is 29.5 Å². The summed E-state index contributed by atoms with van der Waals surface area (Å²) in [5.74, 6) is -2.17. The Hall–Kier alpha value is -2.54. The maximum atomic E-state index is 13.0. The van der Waals surface area contributed by atoms with Crippen LogP contribution in [0.25, 0.3) is 0 Å². The van der Waals surface area contributed by atoms with E-state index >= 15 is 0 Å². The van der Waals surface area contributed by atoms with Crippen LogP contribution in [0.5, 0.6) is 0 Å². The molecule has 142 valence electrons. The van der Waals surface area contributed by atoms with Crippen LogP contribution in [-0.4, -0.2) is 11.8 Å². The van der Waals surface area contributed by atoms with Crippen LogP contribution >= 0.6 is 11.6 Å². The number of alkyl halides is 3. The molecule has 2 amide bonds. The van der Waals surface area contributed by atoms with E-state index in [1.54, 1.807) is 25.1 Å². The van der Waals surface area contributed by atoms with E-state index in [2.05, 4.69) is 10.6 Å². The van der Waals surface area contributed by atoms with Crippen molar-refractivity contribution in [3.63, 3.8) is 0 Å². The van der Waals surface area contributed by atoms with Gasteiger partial charge in [0, 0.05) is 10.7 Å². The van der Waals surface area contributed by atoms with Gasteiger partial charge in [0.05, 0.1) is 23.1 Å². The Bertz CT molecular complexity index is 899. The van der Waals surface area contributed by atoms with Gasteiger partial charge in [0.2, 0.25) is 11.8 Å². The Kier molecular flexibility index (Phi) is 5.15. The van der Waals surface area contributed by atoms with Crippen LogP contribution in [0.2, 0.25) is 5.02 Å². The molecule has 2 aromatic rings. The molecule has 0 spiro atoms. The van der Waals surface area contributed by atoms with Gasteiger partial charge < -0.3 is 10.6 Å². The predicted octanol–water partition coefficient (Wildman–Crippen LogP) is 4.88. The van der Waals surface area contributed by atoms with E-state index in [1.807, 2.05) is 0 Å². The van der Waals surface area contributed by atoms with Gasteiger partial charge in [-0.05, 0) is 49.2 Å². The Labute approximate surface area is 158 Å². The van der Waals surface area contributed by atoms with Crippen molar-refractivity contribution in [1.29, 1.82) is 0 Å². The summed E-state index contributed by atoms with van der Waals surface area (Å²) in [6, 6.07) is 9.74. The Morgan fingerprint density at radius 3 is 2.19 bits per heavy atom. The van der Waals surface area contributed by atoms with Crippen molar-refractivity contribution in [2.24, 2.45) is 11.8 Å². The molecule has 2 unspecified atom stereocenters. The molecule has 3 rings (SSSR count). The highest BCUT2D eigenvalue weighted by atomic mass is 35.5. The third kappa shape index (κ3) is 4.42. The minimum Gasteiger partial charge on any atom is -0.326 e. The molecule has 1 saturated carbocycles. The van der Waals surface area contributed by atoms with Gasteiger partial charge in [0.1, 0.15) is 0 Å². The summed E-state index contributed by atoms with van der Waals surface area (Å²) in [5.41, 5.74) is 0.126. The normalized spacial score (nSPS) is 18.7. The monoisotopic (exact) mass is 396 g/mol. The largest absolute Gasteiger partial charge is 0.418 e. The number of carbonyl (C=O) groups is 2. The summed E-state index contributed by atoms with van der Waals surface area (Å²) < 4.78 is 39.0. The zero-order valence-electron chi connectivity index (χ0n) is 14.2. The minimum absolute atomic E-state index is 0.290. The fourth-order valence-corrected chi connectivity index (χ4v) is 3.06. The number of nitrogens with one attached hydrogen (secondary N) is 2. The van der Waals surface area contributed by atoms with Crippen LogP contribution in [0.4, 0.5) is 24.5 Å². The molecule has 0 radical (unpaired) electrons. The van der Waals surface area contributed by atoms with Crippen LogP contribution in [0.3, 0.4) is 0 Å². The number of aryl methyl sites for hydroxylation is 1. The molecule has 0 aromatic heterocycles. The SMILES string of the molecule is Cc1cc(Cl)ccc1NC(=O)C1CC1C(=O)Nc1ccccc1C(F)(F)F. The van der Waals surface area contributed by atoms with Crippen molar-refractivity contribution in [3.8, 4) is 0 Å². The molecule has 8 heteroatoms. The lowest BCUT2D eigenvalue weighted by molar-refractivity contribution is -0.137. The molecule has 0 aliphatic heterocycles. The predicted molar refractivity (Wildman–Crippen MR) is 96.5 cm³/mol. The van der Waals surface area contributed by atoms with E-state index in [0.717, 1.165) is 11.6 Å². The topological polar surface area (TPSA) is 58.2 Å². The van der Waals surface area contributed by atoms with Gasteiger partial charge in [-0.15, -0.1) is 0 Å². The molecule has 1 aliphatic carbocycles. The number of halogens is 4.